The molecule has 27 heavy (non-hydrogen) atoms. The van der Waals surface area contributed by atoms with Crippen molar-refractivity contribution in [1.82, 2.24) is 4.57 Å². The Morgan fingerprint density at radius 3 is 2.56 bits per heavy atom. The number of hydrogen-bond acceptors (Lipinski definition) is 4. The van der Waals surface area contributed by atoms with Crippen molar-refractivity contribution in [3.8, 4) is 11.5 Å². The largest absolute Gasteiger partial charge is 0.454 e. The van der Waals surface area contributed by atoms with Crippen LogP contribution >= 0.6 is 11.3 Å². The number of thiazole rings is 1. The van der Waals surface area contributed by atoms with E-state index in [2.05, 4.69) is 31.0 Å². The molecule has 6 heteroatoms. The number of fused-ring (bicyclic) bond motifs is 2. The summed E-state index contributed by atoms with van der Waals surface area (Å²) in [6, 6.07) is 12.1. The molecule has 1 aliphatic heterocycles. The average molecular weight is 382 g/mol. The lowest BCUT2D eigenvalue weighted by atomic mass is 10.0. The number of aryl methyl sites for hydroxylation is 1. The van der Waals surface area contributed by atoms with Gasteiger partial charge in [0.2, 0.25) is 6.79 Å². The molecule has 2 heterocycles. The molecular weight excluding hydrogens is 360 g/mol. The average Bonchev–Trinajstić information content (AvgIpc) is 3.22. The van der Waals surface area contributed by atoms with E-state index in [4.69, 9.17) is 9.47 Å². The minimum Gasteiger partial charge on any atom is -0.454 e. The van der Waals surface area contributed by atoms with Crippen LogP contribution in [0.4, 0.5) is 0 Å². The van der Waals surface area contributed by atoms with Crippen LogP contribution in [0.15, 0.2) is 41.4 Å². The van der Waals surface area contributed by atoms with Gasteiger partial charge in [0.1, 0.15) is 0 Å². The van der Waals surface area contributed by atoms with E-state index in [0.717, 1.165) is 33.8 Å². The maximum atomic E-state index is 12.5. The smallest absolute Gasteiger partial charge is 0.252 e. The lowest BCUT2D eigenvalue weighted by Crippen LogP contribution is -2.16. The summed E-state index contributed by atoms with van der Waals surface area (Å²) in [5, 5.41) is 0. The van der Waals surface area contributed by atoms with Gasteiger partial charge >= 0.3 is 0 Å². The number of amides is 1. The first-order chi connectivity index (χ1) is 13.0. The van der Waals surface area contributed by atoms with Gasteiger partial charge in [-0.3, -0.25) is 4.79 Å². The minimum absolute atomic E-state index is 0.138. The SMILES string of the molecule is CCn1c(=NC(=O)Cc2ccc(C(C)C)cc2)sc2cc3c(cc21)OCO3. The van der Waals surface area contributed by atoms with Gasteiger partial charge in [0.15, 0.2) is 16.3 Å². The third-order valence-electron chi connectivity index (χ3n) is 4.72. The maximum absolute atomic E-state index is 12.5. The van der Waals surface area contributed by atoms with E-state index in [1.165, 1.54) is 16.9 Å². The van der Waals surface area contributed by atoms with Gasteiger partial charge in [-0.25, -0.2) is 0 Å². The van der Waals surface area contributed by atoms with E-state index in [1.807, 2.05) is 35.8 Å². The predicted octanol–water partition coefficient (Wildman–Crippen LogP) is 4.24. The van der Waals surface area contributed by atoms with Gasteiger partial charge in [0.25, 0.3) is 5.91 Å². The van der Waals surface area contributed by atoms with Gasteiger partial charge in [0.05, 0.1) is 16.6 Å². The standard InChI is InChI=1S/C21H22N2O3S/c1-4-23-16-10-17-18(26-12-25-17)11-19(16)27-21(23)22-20(24)9-14-5-7-15(8-6-14)13(2)3/h5-8,10-11,13H,4,9,12H2,1-3H3. The summed E-state index contributed by atoms with van der Waals surface area (Å²) in [7, 11) is 0. The van der Waals surface area contributed by atoms with E-state index in [0.29, 0.717) is 17.1 Å². The van der Waals surface area contributed by atoms with Crippen LogP contribution in [0, 0.1) is 0 Å². The van der Waals surface area contributed by atoms with E-state index >= 15 is 0 Å². The summed E-state index contributed by atoms with van der Waals surface area (Å²) in [5.41, 5.74) is 3.27. The number of carbonyl (C=O) groups is 1. The van der Waals surface area contributed by atoms with Crippen molar-refractivity contribution < 1.29 is 14.3 Å². The molecule has 0 bridgehead atoms. The molecule has 0 fully saturated rings. The summed E-state index contributed by atoms with van der Waals surface area (Å²) in [5.74, 6) is 1.83. The third kappa shape index (κ3) is 3.49. The Bertz CT molecular complexity index is 1060. The third-order valence-corrected chi connectivity index (χ3v) is 5.76. The molecular formula is C21H22N2O3S. The molecule has 3 aromatic rings. The Labute approximate surface area is 161 Å². The van der Waals surface area contributed by atoms with Crippen LogP contribution in [-0.2, 0) is 17.8 Å². The fraction of sp³-hybridized carbons (Fsp3) is 0.333. The molecule has 0 radical (unpaired) electrons. The van der Waals surface area contributed by atoms with Gasteiger partial charge in [-0.05, 0) is 24.0 Å². The van der Waals surface area contributed by atoms with Crippen LogP contribution in [0.5, 0.6) is 11.5 Å². The lowest BCUT2D eigenvalue weighted by molar-refractivity contribution is -0.117. The highest BCUT2D eigenvalue weighted by molar-refractivity contribution is 7.16. The molecule has 2 aromatic carbocycles. The first-order valence-electron chi connectivity index (χ1n) is 9.14. The van der Waals surface area contributed by atoms with Crippen LogP contribution in [0.2, 0.25) is 0 Å². The van der Waals surface area contributed by atoms with Gasteiger partial charge in [-0.1, -0.05) is 49.4 Å². The second-order valence-corrected chi connectivity index (χ2v) is 7.89. The van der Waals surface area contributed by atoms with E-state index in [9.17, 15) is 4.79 Å². The van der Waals surface area contributed by atoms with Crippen molar-refractivity contribution in [2.75, 3.05) is 6.79 Å². The Balaban J connectivity index is 1.64. The fourth-order valence-electron chi connectivity index (χ4n) is 3.19. The normalized spacial score (nSPS) is 13.7. The number of carbonyl (C=O) groups excluding carboxylic acids is 1. The molecule has 1 aliphatic rings. The zero-order chi connectivity index (χ0) is 19.0. The van der Waals surface area contributed by atoms with Crippen molar-refractivity contribution in [1.29, 1.82) is 0 Å². The molecule has 0 spiro atoms. The molecule has 0 saturated heterocycles. The molecule has 4 rings (SSSR count). The molecule has 5 nitrogen and oxygen atoms in total. The van der Waals surface area contributed by atoms with Crippen LogP contribution in [0.1, 0.15) is 37.8 Å². The number of ether oxygens (including phenoxy) is 2. The number of rotatable bonds is 4. The highest BCUT2D eigenvalue weighted by Crippen LogP contribution is 2.36. The minimum atomic E-state index is -0.138. The zero-order valence-electron chi connectivity index (χ0n) is 15.7. The van der Waals surface area contributed by atoms with Crippen molar-refractivity contribution in [3.05, 3.63) is 52.3 Å². The van der Waals surface area contributed by atoms with Crippen molar-refractivity contribution >= 4 is 27.5 Å². The molecule has 140 valence electrons. The Kier molecular flexibility index (Phi) is 4.74. The van der Waals surface area contributed by atoms with E-state index in [1.54, 1.807) is 0 Å². The van der Waals surface area contributed by atoms with Gasteiger partial charge in [-0.15, -0.1) is 0 Å². The quantitative estimate of drug-likeness (QED) is 0.678. The number of nitrogens with zero attached hydrogens (tertiary/aromatic N) is 2. The zero-order valence-corrected chi connectivity index (χ0v) is 16.5. The van der Waals surface area contributed by atoms with Crippen LogP contribution < -0.4 is 14.3 Å². The molecule has 1 aromatic heterocycles. The summed E-state index contributed by atoms with van der Waals surface area (Å²) in [6.07, 6.45) is 0.305. The van der Waals surface area contributed by atoms with Gasteiger partial charge in [0, 0.05) is 18.7 Å². The summed E-state index contributed by atoms with van der Waals surface area (Å²) in [4.78, 5) is 17.6. The number of hydrogen-bond donors (Lipinski definition) is 0. The molecule has 0 saturated carbocycles. The first-order valence-corrected chi connectivity index (χ1v) is 9.96. The highest BCUT2D eigenvalue weighted by atomic mass is 32.1. The molecule has 0 N–H and O–H groups in total. The van der Waals surface area contributed by atoms with E-state index < -0.39 is 0 Å². The topological polar surface area (TPSA) is 52.8 Å². The van der Waals surface area contributed by atoms with Gasteiger partial charge in [-0.2, -0.15) is 4.99 Å². The van der Waals surface area contributed by atoms with Crippen LogP contribution in [0.3, 0.4) is 0 Å². The summed E-state index contributed by atoms with van der Waals surface area (Å²) in [6.45, 7) is 7.35. The van der Waals surface area contributed by atoms with Gasteiger partial charge < -0.3 is 14.0 Å². The number of aromatic nitrogens is 1. The second kappa shape index (κ2) is 7.19. The van der Waals surface area contributed by atoms with Crippen LogP contribution in [-0.4, -0.2) is 17.3 Å². The van der Waals surface area contributed by atoms with E-state index in [-0.39, 0.29) is 12.7 Å². The molecule has 0 aliphatic carbocycles. The van der Waals surface area contributed by atoms with Crippen molar-refractivity contribution in [3.63, 3.8) is 0 Å². The maximum Gasteiger partial charge on any atom is 0.252 e. The Morgan fingerprint density at radius 2 is 1.89 bits per heavy atom. The van der Waals surface area contributed by atoms with Crippen molar-refractivity contribution in [2.45, 2.75) is 39.7 Å². The molecule has 0 unspecified atom stereocenters. The first kappa shape index (κ1) is 17.8. The summed E-state index contributed by atoms with van der Waals surface area (Å²) >= 11 is 1.50. The lowest BCUT2D eigenvalue weighted by Gasteiger charge is -2.05. The van der Waals surface area contributed by atoms with Crippen LogP contribution in [0.25, 0.3) is 10.2 Å². The Morgan fingerprint density at radius 1 is 1.19 bits per heavy atom. The number of benzene rings is 2. The second-order valence-electron chi connectivity index (χ2n) is 6.88. The van der Waals surface area contributed by atoms with Crippen molar-refractivity contribution in [2.24, 2.45) is 4.99 Å². The molecule has 0 atom stereocenters. The highest BCUT2D eigenvalue weighted by Gasteiger charge is 2.17. The fourth-order valence-corrected chi connectivity index (χ4v) is 4.31. The predicted molar refractivity (Wildman–Crippen MR) is 106 cm³/mol. The Hall–Kier alpha value is -2.60. The summed E-state index contributed by atoms with van der Waals surface area (Å²) < 4.78 is 14.0. The molecule has 1 amide bonds. The monoisotopic (exact) mass is 382 g/mol.